The van der Waals surface area contributed by atoms with Crippen LogP contribution in [-0.4, -0.2) is 29.1 Å². The molecule has 0 aromatic heterocycles. The lowest BCUT2D eigenvalue weighted by molar-refractivity contribution is -0.134. The maximum absolute atomic E-state index is 12.7. The van der Waals surface area contributed by atoms with Crippen LogP contribution in [0.2, 0.25) is 0 Å². The summed E-state index contributed by atoms with van der Waals surface area (Å²) in [5.41, 5.74) is -0.154. The maximum Gasteiger partial charge on any atom is 0.243 e. The van der Waals surface area contributed by atoms with E-state index in [1.165, 1.54) is 25.7 Å². The SMILES string of the molecule is CCCCCC(C)(C)CN1C(=O)C(C)(CC)NC1CC. The van der Waals surface area contributed by atoms with E-state index in [2.05, 4.69) is 44.8 Å². The summed E-state index contributed by atoms with van der Waals surface area (Å²) in [6.45, 7) is 14.0. The van der Waals surface area contributed by atoms with E-state index in [0.717, 1.165) is 19.4 Å². The van der Waals surface area contributed by atoms with Gasteiger partial charge in [-0.2, -0.15) is 0 Å². The average Bonchev–Trinajstić information content (AvgIpc) is 2.64. The number of carbonyl (C=O) groups excluding carboxylic acids is 1. The maximum atomic E-state index is 12.7. The highest BCUT2D eigenvalue weighted by atomic mass is 16.2. The molecule has 1 rings (SSSR count). The molecule has 2 atom stereocenters. The summed E-state index contributed by atoms with van der Waals surface area (Å²) in [5, 5.41) is 3.53. The van der Waals surface area contributed by atoms with E-state index in [1.54, 1.807) is 0 Å². The zero-order chi connectivity index (χ0) is 15.4. The molecule has 1 amide bonds. The first-order chi connectivity index (χ1) is 9.29. The molecular formula is C17H34N2O. The van der Waals surface area contributed by atoms with Crippen molar-refractivity contribution in [3.8, 4) is 0 Å². The van der Waals surface area contributed by atoms with Crippen LogP contribution in [-0.2, 0) is 4.79 Å². The molecule has 1 saturated heterocycles. The van der Waals surface area contributed by atoms with Gasteiger partial charge in [-0.15, -0.1) is 0 Å². The monoisotopic (exact) mass is 282 g/mol. The first-order valence-corrected chi connectivity index (χ1v) is 8.38. The minimum atomic E-state index is -0.361. The quantitative estimate of drug-likeness (QED) is 0.684. The molecule has 1 aliphatic heterocycles. The number of hydrogen-bond donors (Lipinski definition) is 1. The van der Waals surface area contributed by atoms with Crippen molar-refractivity contribution in [1.82, 2.24) is 10.2 Å². The van der Waals surface area contributed by atoms with Gasteiger partial charge in [0.15, 0.2) is 0 Å². The van der Waals surface area contributed by atoms with Crippen LogP contribution in [0, 0.1) is 5.41 Å². The van der Waals surface area contributed by atoms with Gasteiger partial charge in [-0.05, 0) is 31.6 Å². The Morgan fingerprint density at radius 3 is 2.40 bits per heavy atom. The van der Waals surface area contributed by atoms with Gasteiger partial charge in [0.1, 0.15) is 0 Å². The zero-order valence-corrected chi connectivity index (χ0v) is 14.4. The van der Waals surface area contributed by atoms with Gasteiger partial charge < -0.3 is 4.90 Å². The molecule has 0 aliphatic carbocycles. The molecule has 20 heavy (non-hydrogen) atoms. The first kappa shape index (κ1) is 17.5. The molecule has 0 aromatic rings. The fourth-order valence-corrected chi connectivity index (χ4v) is 3.12. The van der Waals surface area contributed by atoms with E-state index < -0.39 is 0 Å². The molecular weight excluding hydrogens is 248 g/mol. The lowest BCUT2D eigenvalue weighted by Crippen LogP contribution is -2.44. The Labute approximate surface area is 125 Å². The van der Waals surface area contributed by atoms with Crippen LogP contribution in [0.15, 0.2) is 0 Å². The third-order valence-electron chi connectivity index (χ3n) is 4.74. The van der Waals surface area contributed by atoms with Gasteiger partial charge in [-0.25, -0.2) is 0 Å². The van der Waals surface area contributed by atoms with Crippen LogP contribution in [0.1, 0.15) is 80.1 Å². The molecule has 1 fully saturated rings. The van der Waals surface area contributed by atoms with Gasteiger partial charge in [0, 0.05) is 6.54 Å². The highest BCUT2D eigenvalue weighted by molar-refractivity contribution is 5.88. The molecule has 2 unspecified atom stereocenters. The van der Waals surface area contributed by atoms with E-state index in [0.29, 0.717) is 0 Å². The number of rotatable bonds is 8. The summed E-state index contributed by atoms with van der Waals surface area (Å²) in [5.74, 6) is 0.287. The summed E-state index contributed by atoms with van der Waals surface area (Å²) in [6, 6.07) is 0. The number of hydrogen-bond acceptors (Lipinski definition) is 2. The van der Waals surface area contributed by atoms with Crippen LogP contribution in [0.3, 0.4) is 0 Å². The molecule has 1 heterocycles. The predicted molar refractivity (Wildman–Crippen MR) is 85.5 cm³/mol. The minimum absolute atomic E-state index is 0.206. The van der Waals surface area contributed by atoms with Gasteiger partial charge in [0.25, 0.3) is 0 Å². The number of nitrogens with zero attached hydrogens (tertiary/aromatic N) is 1. The summed E-state index contributed by atoms with van der Waals surface area (Å²) >= 11 is 0. The highest BCUT2D eigenvalue weighted by Gasteiger charge is 2.47. The minimum Gasteiger partial charge on any atom is -0.325 e. The number of carbonyl (C=O) groups is 1. The van der Waals surface area contributed by atoms with Crippen molar-refractivity contribution in [2.75, 3.05) is 6.54 Å². The van der Waals surface area contributed by atoms with Crippen molar-refractivity contribution >= 4 is 5.91 Å². The Bertz CT molecular complexity index is 327. The molecule has 0 spiro atoms. The molecule has 0 radical (unpaired) electrons. The summed E-state index contributed by atoms with van der Waals surface area (Å²) in [7, 11) is 0. The van der Waals surface area contributed by atoms with Crippen LogP contribution in [0.4, 0.5) is 0 Å². The van der Waals surface area contributed by atoms with Crippen molar-refractivity contribution in [1.29, 1.82) is 0 Å². The number of nitrogens with one attached hydrogen (secondary N) is 1. The van der Waals surface area contributed by atoms with Crippen LogP contribution >= 0.6 is 0 Å². The molecule has 118 valence electrons. The Balaban J connectivity index is 2.71. The average molecular weight is 282 g/mol. The van der Waals surface area contributed by atoms with Gasteiger partial charge in [-0.3, -0.25) is 10.1 Å². The topological polar surface area (TPSA) is 32.3 Å². The number of unbranched alkanes of at least 4 members (excludes halogenated alkanes) is 2. The first-order valence-electron chi connectivity index (χ1n) is 8.38. The summed E-state index contributed by atoms with van der Waals surface area (Å²) in [4.78, 5) is 14.8. The Morgan fingerprint density at radius 2 is 1.90 bits per heavy atom. The van der Waals surface area contributed by atoms with E-state index in [4.69, 9.17) is 0 Å². The van der Waals surface area contributed by atoms with E-state index in [-0.39, 0.29) is 23.0 Å². The lowest BCUT2D eigenvalue weighted by atomic mass is 9.86. The van der Waals surface area contributed by atoms with E-state index in [1.807, 2.05) is 6.92 Å². The van der Waals surface area contributed by atoms with Crippen molar-refractivity contribution in [2.24, 2.45) is 5.41 Å². The Kier molecular flexibility index (Phi) is 6.06. The van der Waals surface area contributed by atoms with E-state index >= 15 is 0 Å². The standard InChI is InChI=1S/C17H34N2O/c1-7-10-11-12-16(4,5)13-19-14(8-2)18-17(6,9-3)15(19)20/h14,18H,7-13H2,1-6H3. The third-order valence-corrected chi connectivity index (χ3v) is 4.74. The predicted octanol–water partition coefficient (Wildman–Crippen LogP) is 3.93. The normalized spacial score (nSPS) is 27.4. The Morgan fingerprint density at radius 1 is 1.25 bits per heavy atom. The van der Waals surface area contributed by atoms with Gasteiger partial charge in [0.2, 0.25) is 5.91 Å². The van der Waals surface area contributed by atoms with Gasteiger partial charge >= 0.3 is 0 Å². The van der Waals surface area contributed by atoms with E-state index in [9.17, 15) is 4.79 Å². The van der Waals surface area contributed by atoms with Crippen LogP contribution in [0.25, 0.3) is 0 Å². The van der Waals surface area contributed by atoms with Crippen molar-refractivity contribution in [3.63, 3.8) is 0 Å². The van der Waals surface area contributed by atoms with Gasteiger partial charge in [-0.1, -0.05) is 53.9 Å². The molecule has 3 nitrogen and oxygen atoms in total. The van der Waals surface area contributed by atoms with Crippen molar-refractivity contribution in [2.45, 2.75) is 91.8 Å². The van der Waals surface area contributed by atoms with Gasteiger partial charge in [0.05, 0.1) is 11.7 Å². The largest absolute Gasteiger partial charge is 0.325 e. The second-order valence-electron chi connectivity index (χ2n) is 7.31. The second kappa shape index (κ2) is 6.93. The summed E-state index contributed by atoms with van der Waals surface area (Å²) in [6.07, 6.45) is 7.05. The highest BCUT2D eigenvalue weighted by Crippen LogP contribution is 2.31. The molecule has 0 saturated carbocycles. The van der Waals surface area contributed by atoms with Crippen molar-refractivity contribution in [3.05, 3.63) is 0 Å². The fourth-order valence-electron chi connectivity index (χ4n) is 3.12. The summed E-state index contributed by atoms with van der Waals surface area (Å²) < 4.78 is 0. The molecule has 3 heteroatoms. The van der Waals surface area contributed by atoms with Crippen LogP contribution < -0.4 is 5.32 Å². The third kappa shape index (κ3) is 3.97. The lowest BCUT2D eigenvalue weighted by Gasteiger charge is -2.33. The zero-order valence-electron chi connectivity index (χ0n) is 14.4. The fraction of sp³-hybridized carbons (Fsp3) is 0.941. The second-order valence-corrected chi connectivity index (χ2v) is 7.31. The van der Waals surface area contributed by atoms with Crippen LogP contribution in [0.5, 0.6) is 0 Å². The molecule has 1 N–H and O–H groups in total. The molecule has 0 aromatic carbocycles. The smallest absolute Gasteiger partial charge is 0.243 e. The molecule has 1 aliphatic rings. The Hall–Kier alpha value is -0.570. The number of amides is 1. The molecule has 0 bridgehead atoms. The van der Waals surface area contributed by atoms with Crippen molar-refractivity contribution < 1.29 is 4.79 Å².